The van der Waals surface area contributed by atoms with Gasteiger partial charge < -0.3 is 24.2 Å². The van der Waals surface area contributed by atoms with Crippen molar-refractivity contribution < 1.29 is 18.7 Å². The molecule has 1 atom stereocenters. The number of ether oxygens (including phenoxy) is 2. The lowest BCUT2D eigenvalue weighted by Crippen LogP contribution is -2.20. The summed E-state index contributed by atoms with van der Waals surface area (Å²) in [5.41, 5.74) is 2.07. The monoisotopic (exact) mass is 308 g/mol. The van der Waals surface area contributed by atoms with Crippen molar-refractivity contribution in [3.8, 4) is 0 Å². The van der Waals surface area contributed by atoms with Gasteiger partial charge in [0.05, 0.1) is 18.7 Å². The third-order valence-electron chi connectivity index (χ3n) is 3.32. The van der Waals surface area contributed by atoms with Gasteiger partial charge in [-0.05, 0) is 30.8 Å². The van der Waals surface area contributed by atoms with Crippen molar-refractivity contribution in [1.82, 2.24) is 4.98 Å². The van der Waals surface area contributed by atoms with Crippen molar-refractivity contribution >= 4 is 34.9 Å². The van der Waals surface area contributed by atoms with E-state index in [1.54, 1.807) is 18.2 Å². The quantitative estimate of drug-likeness (QED) is 0.830. The topological polar surface area (TPSA) is 76.5 Å². The lowest BCUT2D eigenvalue weighted by atomic mass is 10.1. The van der Waals surface area contributed by atoms with Gasteiger partial charge in [-0.3, -0.25) is 4.79 Å². The van der Waals surface area contributed by atoms with Crippen LogP contribution in [0.2, 0.25) is 0 Å². The molecule has 0 bridgehead atoms. The first kappa shape index (κ1) is 14.2. The molecule has 1 amide bonds. The van der Waals surface area contributed by atoms with Gasteiger partial charge in [-0.1, -0.05) is 0 Å². The summed E-state index contributed by atoms with van der Waals surface area (Å²) in [6.07, 6.45) is 0.997. The molecule has 1 saturated heterocycles. The predicted octanol–water partition coefficient (Wildman–Crippen LogP) is 2.48. The highest BCUT2D eigenvalue weighted by Crippen LogP contribution is 2.18. The molecule has 0 radical (unpaired) electrons. The minimum Gasteiger partial charge on any atom is -0.429 e. The Balaban J connectivity index is 1.51. The molecule has 1 aliphatic rings. The maximum atomic E-state index is 11.8. The summed E-state index contributed by atoms with van der Waals surface area (Å²) >= 11 is 4.91. The number of aromatic amines is 1. The number of benzene rings is 1. The number of amides is 1. The number of carbonyl (C=O) groups is 1. The third kappa shape index (κ3) is 3.69. The van der Waals surface area contributed by atoms with Crippen molar-refractivity contribution in [3.63, 3.8) is 0 Å². The highest BCUT2D eigenvalue weighted by molar-refractivity contribution is 7.71. The van der Waals surface area contributed by atoms with Crippen LogP contribution in [-0.2, 0) is 14.3 Å². The second-order valence-electron chi connectivity index (χ2n) is 5.02. The van der Waals surface area contributed by atoms with E-state index in [9.17, 15) is 4.79 Å². The molecule has 0 spiro atoms. The molecule has 0 unspecified atom stereocenters. The zero-order valence-electron chi connectivity index (χ0n) is 11.4. The van der Waals surface area contributed by atoms with E-state index in [0.717, 1.165) is 25.2 Å². The summed E-state index contributed by atoms with van der Waals surface area (Å²) < 4.78 is 16.0. The molecule has 1 fully saturated rings. The van der Waals surface area contributed by atoms with E-state index in [2.05, 4.69) is 10.3 Å². The SMILES string of the molecule is O=C(COC[C@H]1CCOC1)Nc1ccc2[nH]c(=S)oc2c1. The van der Waals surface area contributed by atoms with Gasteiger partial charge >= 0.3 is 0 Å². The smallest absolute Gasteiger partial charge is 0.266 e. The van der Waals surface area contributed by atoms with Crippen molar-refractivity contribution in [2.24, 2.45) is 5.92 Å². The van der Waals surface area contributed by atoms with Gasteiger partial charge in [0.1, 0.15) is 6.61 Å². The van der Waals surface area contributed by atoms with E-state index in [1.165, 1.54) is 0 Å². The molecule has 112 valence electrons. The summed E-state index contributed by atoms with van der Waals surface area (Å²) in [7, 11) is 0. The molecule has 0 saturated carbocycles. The van der Waals surface area contributed by atoms with Gasteiger partial charge in [0, 0.05) is 24.3 Å². The number of fused-ring (bicyclic) bond motifs is 1. The maximum absolute atomic E-state index is 11.8. The summed E-state index contributed by atoms with van der Waals surface area (Å²) in [4.78, 5) is 15.0. The van der Waals surface area contributed by atoms with Gasteiger partial charge in [-0.15, -0.1) is 0 Å². The van der Waals surface area contributed by atoms with E-state index in [0.29, 0.717) is 28.6 Å². The van der Waals surface area contributed by atoms with Crippen molar-refractivity contribution in [1.29, 1.82) is 0 Å². The van der Waals surface area contributed by atoms with E-state index in [1.807, 2.05) is 0 Å². The second kappa shape index (κ2) is 6.38. The lowest BCUT2D eigenvalue weighted by molar-refractivity contribution is -0.121. The zero-order valence-corrected chi connectivity index (χ0v) is 12.2. The van der Waals surface area contributed by atoms with Crippen LogP contribution in [0.5, 0.6) is 0 Å². The lowest BCUT2D eigenvalue weighted by Gasteiger charge is -2.09. The number of anilines is 1. The Labute approximate surface area is 126 Å². The first-order valence-electron chi connectivity index (χ1n) is 6.79. The number of nitrogens with one attached hydrogen (secondary N) is 2. The summed E-state index contributed by atoms with van der Waals surface area (Å²) in [5.74, 6) is 0.209. The molecule has 1 aromatic carbocycles. The minimum atomic E-state index is -0.192. The summed E-state index contributed by atoms with van der Waals surface area (Å²) in [5, 5.41) is 2.77. The van der Waals surface area contributed by atoms with E-state index in [-0.39, 0.29) is 12.5 Å². The van der Waals surface area contributed by atoms with Crippen LogP contribution >= 0.6 is 12.2 Å². The van der Waals surface area contributed by atoms with Crippen LogP contribution in [0.25, 0.3) is 11.1 Å². The highest BCUT2D eigenvalue weighted by atomic mass is 32.1. The van der Waals surface area contributed by atoms with Gasteiger partial charge in [-0.25, -0.2) is 0 Å². The molecular formula is C14H16N2O4S. The molecule has 7 heteroatoms. The highest BCUT2D eigenvalue weighted by Gasteiger charge is 2.16. The zero-order chi connectivity index (χ0) is 14.7. The Morgan fingerprint density at radius 3 is 3.24 bits per heavy atom. The fourth-order valence-electron chi connectivity index (χ4n) is 2.25. The number of hydrogen-bond acceptors (Lipinski definition) is 5. The molecule has 6 nitrogen and oxygen atoms in total. The second-order valence-corrected chi connectivity index (χ2v) is 5.39. The number of hydrogen-bond donors (Lipinski definition) is 2. The molecule has 1 aliphatic heterocycles. The van der Waals surface area contributed by atoms with Crippen LogP contribution < -0.4 is 5.32 Å². The number of aromatic nitrogens is 1. The Hall–Kier alpha value is -1.70. The Morgan fingerprint density at radius 2 is 2.43 bits per heavy atom. The van der Waals surface area contributed by atoms with Gasteiger partial charge in [0.2, 0.25) is 5.91 Å². The largest absolute Gasteiger partial charge is 0.429 e. The number of oxazole rings is 1. The van der Waals surface area contributed by atoms with Gasteiger partial charge in [0.25, 0.3) is 4.84 Å². The molecule has 0 aliphatic carbocycles. The van der Waals surface area contributed by atoms with Crippen LogP contribution in [-0.4, -0.2) is 37.3 Å². The standard InChI is InChI=1S/C14H16N2O4S/c17-13(8-19-7-9-3-4-18-6-9)15-10-1-2-11-12(5-10)20-14(21)16-11/h1-2,5,9H,3-4,6-8H2,(H,15,17)(H,16,21)/t9-/m0/s1. The molecule has 2 aromatic rings. The fourth-order valence-corrected chi connectivity index (χ4v) is 2.45. The number of H-pyrrole nitrogens is 1. The predicted molar refractivity (Wildman–Crippen MR) is 79.8 cm³/mol. The van der Waals surface area contributed by atoms with Crippen LogP contribution in [0.1, 0.15) is 6.42 Å². The molecule has 3 rings (SSSR count). The van der Waals surface area contributed by atoms with Crippen LogP contribution in [0, 0.1) is 10.8 Å². The van der Waals surface area contributed by atoms with Crippen molar-refractivity contribution in [2.45, 2.75) is 6.42 Å². The summed E-state index contributed by atoms with van der Waals surface area (Å²) in [6, 6.07) is 5.32. The first-order valence-corrected chi connectivity index (χ1v) is 7.20. The summed E-state index contributed by atoms with van der Waals surface area (Å²) in [6.45, 7) is 2.09. The Kier molecular flexibility index (Phi) is 4.33. The maximum Gasteiger partial charge on any atom is 0.266 e. The van der Waals surface area contributed by atoms with Gasteiger partial charge in [-0.2, -0.15) is 0 Å². The number of carbonyl (C=O) groups excluding carboxylic acids is 1. The molecular weight excluding hydrogens is 292 g/mol. The minimum absolute atomic E-state index is 0.0328. The Morgan fingerprint density at radius 1 is 1.52 bits per heavy atom. The van der Waals surface area contributed by atoms with Crippen LogP contribution in [0.3, 0.4) is 0 Å². The van der Waals surface area contributed by atoms with Gasteiger partial charge in [0.15, 0.2) is 5.58 Å². The molecule has 2 N–H and O–H groups in total. The number of rotatable bonds is 5. The van der Waals surface area contributed by atoms with E-state index >= 15 is 0 Å². The average Bonchev–Trinajstić information content (AvgIpc) is 3.06. The third-order valence-corrected chi connectivity index (χ3v) is 3.50. The van der Waals surface area contributed by atoms with Crippen molar-refractivity contribution in [2.75, 3.05) is 31.7 Å². The first-order chi connectivity index (χ1) is 10.2. The molecule has 2 heterocycles. The molecule has 21 heavy (non-hydrogen) atoms. The normalized spacial score (nSPS) is 18.2. The van der Waals surface area contributed by atoms with Crippen LogP contribution in [0.4, 0.5) is 5.69 Å². The fraction of sp³-hybridized carbons (Fsp3) is 0.429. The van der Waals surface area contributed by atoms with Crippen molar-refractivity contribution in [3.05, 3.63) is 23.0 Å². The average molecular weight is 308 g/mol. The molecule has 1 aromatic heterocycles. The van der Waals surface area contributed by atoms with E-state index < -0.39 is 0 Å². The van der Waals surface area contributed by atoms with Crippen LogP contribution in [0.15, 0.2) is 22.6 Å². The van der Waals surface area contributed by atoms with E-state index in [4.69, 9.17) is 26.1 Å². The Bertz CT molecular complexity index is 688.